The summed E-state index contributed by atoms with van der Waals surface area (Å²) < 4.78 is 0. The second-order valence-corrected chi connectivity index (χ2v) is 5.87. The Morgan fingerprint density at radius 1 is 1.22 bits per heavy atom. The van der Waals surface area contributed by atoms with E-state index in [2.05, 4.69) is 44.3 Å². The number of benzene rings is 1. The van der Waals surface area contributed by atoms with Crippen LogP contribution in [0, 0.1) is 19.8 Å². The summed E-state index contributed by atoms with van der Waals surface area (Å²) in [5.41, 5.74) is 4.33. The van der Waals surface area contributed by atoms with Crippen molar-refractivity contribution < 1.29 is 0 Å². The quantitative estimate of drug-likeness (QED) is 0.798. The zero-order valence-corrected chi connectivity index (χ0v) is 12.1. The van der Waals surface area contributed by atoms with Crippen molar-refractivity contribution in [2.45, 2.75) is 58.9 Å². The SMILES string of the molecule is CCCNC(Cc1ccc(C)c(C)c1)C1CCC1. The van der Waals surface area contributed by atoms with Gasteiger partial charge in [0.25, 0.3) is 0 Å². The minimum atomic E-state index is 0.695. The molecular weight excluding hydrogens is 218 g/mol. The monoisotopic (exact) mass is 245 g/mol. The van der Waals surface area contributed by atoms with Crippen LogP contribution in [0.1, 0.15) is 49.3 Å². The molecule has 100 valence electrons. The fraction of sp³-hybridized carbons (Fsp3) is 0.647. The minimum Gasteiger partial charge on any atom is -0.313 e. The molecule has 1 heteroatoms. The molecule has 0 saturated heterocycles. The minimum absolute atomic E-state index is 0.695. The van der Waals surface area contributed by atoms with Crippen LogP contribution < -0.4 is 5.32 Å². The molecule has 0 spiro atoms. The zero-order valence-electron chi connectivity index (χ0n) is 12.1. The van der Waals surface area contributed by atoms with Crippen molar-refractivity contribution in [2.75, 3.05) is 6.54 Å². The molecule has 0 heterocycles. The molecule has 0 radical (unpaired) electrons. The molecule has 1 aromatic carbocycles. The Morgan fingerprint density at radius 2 is 2.00 bits per heavy atom. The van der Waals surface area contributed by atoms with Gasteiger partial charge in [0, 0.05) is 6.04 Å². The Balaban J connectivity index is 1.99. The Hall–Kier alpha value is -0.820. The summed E-state index contributed by atoms with van der Waals surface area (Å²) in [6, 6.07) is 7.64. The van der Waals surface area contributed by atoms with E-state index in [0.29, 0.717) is 6.04 Å². The van der Waals surface area contributed by atoms with Crippen molar-refractivity contribution in [1.29, 1.82) is 0 Å². The Morgan fingerprint density at radius 3 is 2.56 bits per heavy atom. The summed E-state index contributed by atoms with van der Waals surface area (Å²) in [6.45, 7) is 7.82. The van der Waals surface area contributed by atoms with Gasteiger partial charge in [-0.1, -0.05) is 31.5 Å². The van der Waals surface area contributed by atoms with Gasteiger partial charge < -0.3 is 5.32 Å². The lowest BCUT2D eigenvalue weighted by molar-refractivity contribution is 0.227. The van der Waals surface area contributed by atoms with Crippen molar-refractivity contribution >= 4 is 0 Å². The summed E-state index contributed by atoms with van der Waals surface area (Å²) in [6.07, 6.45) is 6.71. The summed E-state index contributed by atoms with van der Waals surface area (Å²) in [5.74, 6) is 0.915. The van der Waals surface area contributed by atoms with Crippen LogP contribution in [-0.2, 0) is 6.42 Å². The topological polar surface area (TPSA) is 12.0 Å². The average Bonchev–Trinajstić information content (AvgIpc) is 2.28. The molecule has 1 N–H and O–H groups in total. The van der Waals surface area contributed by atoms with Gasteiger partial charge in [-0.2, -0.15) is 0 Å². The molecule has 1 aliphatic rings. The Labute approximate surface area is 112 Å². The smallest absolute Gasteiger partial charge is 0.0136 e. The maximum atomic E-state index is 3.75. The van der Waals surface area contributed by atoms with Crippen molar-refractivity contribution in [3.05, 3.63) is 34.9 Å². The Bertz CT molecular complexity index is 379. The lowest BCUT2D eigenvalue weighted by atomic mass is 9.77. The van der Waals surface area contributed by atoms with E-state index in [-0.39, 0.29) is 0 Å². The molecule has 1 aromatic rings. The highest BCUT2D eigenvalue weighted by molar-refractivity contribution is 5.30. The van der Waals surface area contributed by atoms with Gasteiger partial charge in [0.1, 0.15) is 0 Å². The number of hydrogen-bond donors (Lipinski definition) is 1. The third kappa shape index (κ3) is 3.35. The maximum Gasteiger partial charge on any atom is 0.0136 e. The van der Waals surface area contributed by atoms with E-state index >= 15 is 0 Å². The summed E-state index contributed by atoms with van der Waals surface area (Å²) >= 11 is 0. The van der Waals surface area contributed by atoms with E-state index in [1.165, 1.54) is 48.8 Å². The standard InChI is InChI=1S/C17H27N/c1-4-10-18-17(16-6-5-7-16)12-15-9-8-13(2)14(3)11-15/h8-9,11,16-18H,4-7,10,12H2,1-3H3. The maximum absolute atomic E-state index is 3.75. The molecular formula is C17H27N. The molecule has 1 saturated carbocycles. The van der Waals surface area contributed by atoms with Gasteiger partial charge in [0.2, 0.25) is 0 Å². The van der Waals surface area contributed by atoms with E-state index in [1.54, 1.807) is 0 Å². The first-order valence-electron chi connectivity index (χ1n) is 7.50. The molecule has 1 nitrogen and oxygen atoms in total. The molecule has 0 aromatic heterocycles. The van der Waals surface area contributed by atoms with Crippen molar-refractivity contribution in [2.24, 2.45) is 5.92 Å². The van der Waals surface area contributed by atoms with Crippen molar-refractivity contribution in [1.82, 2.24) is 5.32 Å². The first kappa shape index (κ1) is 13.6. The second kappa shape index (κ2) is 6.38. The fourth-order valence-electron chi connectivity index (χ4n) is 2.76. The van der Waals surface area contributed by atoms with Gasteiger partial charge in [0.15, 0.2) is 0 Å². The highest BCUT2D eigenvalue weighted by Gasteiger charge is 2.26. The molecule has 1 atom stereocenters. The van der Waals surface area contributed by atoms with E-state index in [4.69, 9.17) is 0 Å². The number of nitrogens with one attached hydrogen (secondary N) is 1. The van der Waals surface area contributed by atoms with E-state index in [0.717, 1.165) is 12.5 Å². The number of hydrogen-bond acceptors (Lipinski definition) is 1. The third-order valence-electron chi connectivity index (χ3n) is 4.40. The van der Waals surface area contributed by atoms with Crippen LogP contribution in [0.3, 0.4) is 0 Å². The fourth-order valence-corrected chi connectivity index (χ4v) is 2.76. The van der Waals surface area contributed by atoms with Gasteiger partial charge in [-0.05, 0) is 68.7 Å². The molecule has 0 aliphatic heterocycles. The van der Waals surface area contributed by atoms with Crippen LogP contribution in [0.2, 0.25) is 0 Å². The predicted octanol–water partition coefficient (Wildman–Crippen LogP) is 4.01. The van der Waals surface area contributed by atoms with E-state index in [1.807, 2.05) is 0 Å². The number of rotatable bonds is 6. The van der Waals surface area contributed by atoms with Gasteiger partial charge in [-0.3, -0.25) is 0 Å². The molecule has 0 amide bonds. The highest BCUT2D eigenvalue weighted by atomic mass is 14.9. The van der Waals surface area contributed by atoms with Crippen molar-refractivity contribution in [3.8, 4) is 0 Å². The number of aryl methyl sites for hydroxylation is 2. The van der Waals surface area contributed by atoms with Gasteiger partial charge >= 0.3 is 0 Å². The van der Waals surface area contributed by atoms with E-state index < -0.39 is 0 Å². The molecule has 18 heavy (non-hydrogen) atoms. The molecule has 2 rings (SSSR count). The predicted molar refractivity (Wildman–Crippen MR) is 79.0 cm³/mol. The lowest BCUT2D eigenvalue weighted by Crippen LogP contribution is -2.41. The molecule has 1 unspecified atom stereocenters. The highest BCUT2D eigenvalue weighted by Crippen LogP contribution is 2.31. The normalized spacial score (nSPS) is 17.5. The van der Waals surface area contributed by atoms with E-state index in [9.17, 15) is 0 Å². The second-order valence-electron chi connectivity index (χ2n) is 5.87. The molecule has 0 bridgehead atoms. The average molecular weight is 245 g/mol. The van der Waals surface area contributed by atoms with Crippen LogP contribution in [0.4, 0.5) is 0 Å². The van der Waals surface area contributed by atoms with Crippen LogP contribution >= 0.6 is 0 Å². The van der Waals surface area contributed by atoms with Crippen LogP contribution in [-0.4, -0.2) is 12.6 Å². The lowest BCUT2D eigenvalue weighted by Gasteiger charge is -2.34. The summed E-state index contributed by atoms with van der Waals surface area (Å²) in [7, 11) is 0. The summed E-state index contributed by atoms with van der Waals surface area (Å²) in [5, 5.41) is 3.75. The van der Waals surface area contributed by atoms with Gasteiger partial charge in [-0.25, -0.2) is 0 Å². The first-order chi connectivity index (χ1) is 8.70. The zero-order chi connectivity index (χ0) is 13.0. The third-order valence-corrected chi connectivity index (χ3v) is 4.40. The summed E-state index contributed by atoms with van der Waals surface area (Å²) in [4.78, 5) is 0. The molecule has 1 aliphatic carbocycles. The van der Waals surface area contributed by atoms with Crippen LogP contribution in [0.25, 0.3) is 0 Å². The first-order valence-corrected chi connectivity index (χ1v) is 7.50. The van der Waals surface area contributed by atoms with Crippen LogP contribution in [0.15, 0.2) is 18.2 Å². The molecule has 1 fully saturated rings. The van der Waals surface area contributed by atoms with Gasteiger partial charge in [-0.15, -0.1) is 0 Å². The Kier molecular flexibility index (Phi) is 4.82. The largest absolute Gasteiger partial charge is 0.313 e. The van der Waals surface area contributed by atoms with Crippen LogP contribution in [0.5, 0.6) is 0 Å². The van der Waals surface area contributed by atoms with Crippen molar-refractivity contribution in [3.63, 3.8) is 0 Å². The van der Waals surface area contributed by atoms with Gasteiger partial charge in [0.05, 0.1) is 0 Å².